The lowest BCUT2D eigenvalue weighted by Gasteiger charge is -2.35. The van der Waals surface area contributed by atoms with E-state index in [1.807, 2.05) is 6.20 Å². The highest BCUT2D eigenvalue weighted by Crippen LogP contribution is 2.52. The molecule has 4 heterocycles. The third-order valence-corrected chi connectivity index (χ3v) is 10.6. The Labute approximate surface area is 243 Å². The summed E-state index contributed by atoms with van der Waals surface area (Å²) in [6.07, 6.45) is 5.76. The zero-order valence-electron chi connectivity index (χ0n) is 22.5. The second-order valence-corrected chi connectivity index (χ2v) is 12.9. The lowest BCUT2D eigenvalue weighted by molar-refractivity contribution is 0.122. The molecule has 1 atom stereocenters. The smallest absolute Gasteiger partial charge is 0.250 e. The molecular formula is C32H32N4O2S2. The summed E-state index contributed by atoms with van der Waals surface area (Å²) in [4.78, 5) is 27.6. The van der Waals surface area contributed by atoms with Gasteiger partial charge in [0.25, 0.3) is 0 Å². The third-order valence-electron chi connectivity index (χ3n) is 8.05. The van der Waals surface area contributed by atoms with Crippen molar-refractivity contribution < 1.29 is 4.74 Å². The van der Waals surface area contributed by atoms with Crippen LogP contribution in [0, 0.1) is 12.8 Å². The average Bonchev–Trinajstić information content (AvgIpc) is 2.95. The number of nitrogens with one attached hydrogen (secondary N) is 2. The number of morpholine rings is 1. The molecule has 204 valence electrons. The summed E-state index contributed by atoms with van der Waals surface area (Å²) in [5.74, 6) is 0.618. The van der Waals surface area contributed by atoms with Crippen molar-refractivity contribution >= 4 is 34.9 Å². The Bertz CT molecular complexity index is 1590. The van der Waals surface area contributed by atoms with Crippen molar-refractivity contribution in [2.75, 3.05) is 36.5 Å². The first kappa shape index (κ1) is 25.7. The highest BCUT2D eigenvalue weighted by molar-refractivity contribution is 8.05. The maximum absolute atomic E-state index is 12.7. The summed E-state index contributed by atoms with van der Waals surface area (Å²) < 4.78 is 5.51. The molecule has 1 saturated heterocycles. The molecule has 3 aliphatic rings. The summed E-state index contributed by atoms with van der Waals surface area (Å²) in [5.41, 5.74) is 6.23. The van der Waals surface area contributed by atoms with Gasteiger partial charge >= 0.3 is 0 Å². The number of ether oxygens (including phenoxy) is 1. The largest absolute Gasteiger partial charge is 0.378 e. The van der Waals surface area contributed by atoms with Crippen LogP contribution in [0.5, 0.6) is 0 Å². The molecule has 8 heteroatoms. The highest BCUT2D eigenvalue weighted by Gasteiger charge is 2.30. The number of anilines is 2. The molecule has 40 heavy (non-hydrogen) atoms. The molecule has 0 bridgehead atoms. The molecule has 0 spiro atoms. The number of aryl methyl sites for hydroxylation is 1. The summed E-state index contributed by atoms with van der Waals surface area (Å²) in [6, 6.07) is 21.4. The van der Waals surface area contributed by atoms with Gasteiger partial charge < -0.3 is 19.9 Å². The van der Waals surface area contributed by atoms with Crippen LogP contribution >= 0.6 is 23.5 Å². The van der Waals surface area contributed by atoms with Crippen LogP contribution in [-0.2, 0) is 4.74 Å². The Morgan fingerprint density at radius 3 is 2.65 bits per heavy atom. The van der Waals surface area contributed by atoms with Crippen LogP contribution < -0.4 is 15.8 Å². The van der Waals surface area contributed by atoms with Gasteiger partial charge in [0.2, 0.25) is 5.56 Å². The van der Waals surface area contributed by atoms with Gasteiger partial charge in [0.15, 0.2) is 0 Å². The van der Waals surface area contributed by atoms with Crippen molar-refractivity contribution in [1.82, 2.24) is 9.97 Å². The molecule has 1 unspecified atom stereocenters. The van der Waals surface area contributed by atoms with Gasteiger partial charge in [-0.05, 0) is 67.6 Å². The van der Waals surface area contributed by atoms with Crippen molar-refractivity contribution in [1.29, 1.82) is 0 Å². The SMILES string of the molecule is Cc1ccc(C(Nc2ccc3c(c2)Sc2cccc(-c4cc(N5CCOCC5)cc(=O)[nH]4)c2S3)C2CCC2)nc1. The van der Waals surface area contributed by atoms with Crippen LogP contribution in [0.2, 0.25) is 0 Å². The van der Waals surface area contributed by atoms with E-state index in [0.717, 1.165) is 41.4 Å². The molecule has 2 aromatic carbocycles. The fourth-order valence-corrected chi connectivity index (χ4v) is 8.04. The van der Waals surface area contributed by atoms with Gasteiger partial charge in [0.1, 0.15) is 0 Å². The number of aromatic nitrogens is 2. The fraction of sp³-hybridized carbons (Fsp3) is 0.312. The summed E-state index contributed by atoms with van der Waals surface area (Å²) in [5, 5.41) is 3.83. The number of H-pyrrole nitrogens is 1. The van der Waals surface area contributed by atoms with Crippen LogP contribution in [0.15, 0.2) is 91.2 Å². The third kappa shape index (κ3) is 5.16. The quantitative estimate of drug-likeness (QED) is 0.225. The summed E-state index contributed by atoms with van der Waals surface area (Å²) in [7, 11) is 0. The van der Waals surface area contributed by atoms with Gasteiger partial charge in [-0.3, -0.25) is 9.78 Å². The predicted molar refractivity (Wildman–Crippen MR) is 163 cm³/mol. The zero-order valence-corrected chi connectivity index (χ0v) is 24.1. The minimum absolute atomic E-state index is 0.0785. The van der Waals surface area contributed by atoms with Gasteiger partial charge in [0.05, 0.1) is 30.6 Å². The van der Waals surface area contributed by atoms with Gasteiger partial charge in [-0.25, -0.2) is 0 Å². The number of rotatable bonds is 6. The average molecular weight is 569 g/mol. The van der Waals surface area contributed by atoms with Crippen molar-refractivity contribution in [3.05, 3.63) is 88.5 Å². The minimum atomic E-state index is -0.0785. The molecule has 0 radical (unpaired) electrons. The van der Waals surface area contributed by atoms with E-state index in [-0.39, 0.29) is 11.6 Å². The van der Waals surface area contributed by atoms with Crippen LogP contribution in [0.4, 0.5) is 11.4 Å². The Hall–Kier alpha value is -3.20. The Balaban J connectivity index is 1.16. The van der Waals surface area contributed by atoms with Crippen LogP contribution in [0.1, 0.15) is 36.6 Å². The first-order chi connectivity index (χ1) is 19.6. The molecule has 6 nitrogen and oxygen atoms in total. The second kappa shape index (κ2) is 11.0. The number of hydrogen-bond donors (Lipinski definition) is 2. The van der Waals surface area contributed by atoms with E-state index in [1.54, 1.807) is 29.6 Å². The fourth-order valence-electron chi connectivity index (χ4n) is 5.63. The Morgan fingerprint density at radius 1 is 1.00 bits per heavy atom. The molecule has 0 amide bonds. The molecular weight excluding hydrogens is 537 g/mol. The Kier molecular flexibility index (Phi) is 7.08. The van der Waals surface area contributed by atoms with E-state index in [0.29, 0.717) is 19.1 Å². The van der Waals surface area contributed by atoms with E-state index in [2.05, 4.69) is 76.7 Å². The standard InChI is InChI=1S/C32H32N4O2S2/c1-20-8-10-25(33-19-20)31(21-4-2-5-21)34-22-9-11-27-29(16-22)39-28-7-3-6-24(32(28)40-27)26-17-23(18-30(37)35-26)36-12-14-38-15-13-36/h3,6-11,16-19,21,31,34H,2,4-5,12-15H2,1H3,(H,35,37). The lowest BCUT2D eigenvalue weighted by atomic mass is 9.78. The van der Waals surface area contributed by atoms with Crippen LogP contribution in [-0.4, -0.2) is 36.3 Å². The number of benzene rings is 2. The summed E-state index contributed by atoms with van der Waals surface area (Å²) >= 11 is 3.58. The van der Waals surface area contributed by atoms with Gasteiger partial charge in [-0.15, -0.1) is 0 Å². The first-order valence-corrected chi connectivity index (χ1v) is 15.6. The molecule has 1 saturated carbocycles. The number of pyridine rings is 2. The van der Waals surface area contributed by atoms with Crippen molar-refractivity contribution in [3.63, 3.8) is 0 Å². The topological polar surface area (TPSA) is 70.2 Å². The van der Waals surface area contributed by atoms with Crippen molar-refractivity contribution in [3.8, 4) is 11.3 Å². The highest BCUT2D eigenvalue weighted by atomic mass is 32.2. The number of hydrogen-bond acceptors (Lipinski definition) is 7. The molecule has 2 aliphatic heterocycles. The van der Waals surface area contributed by atoms with Gasteiger partial charge in [-0.2, -0.15) is 0 Å². The predicted octanol–water partition coefficient (Wildman–Crippen LogP) is 7.15. The second-order valence-electron chi connectivity index (χ2n) is 10.8. The van der Waals surface area contributed by atoms with Crippen LogP contribution in [0.25, 0.3) is 11.3 Å². The molecule has 4 aromatic rings. The van der Waals surface area contributed by atoms with E-state index in [4.69, 9.17) is 9.72 Å². The number of aromatic amines is 1. The van der Waals surface area contributed by atoms with Crippen molar-refractivity contribution in [2.45, 2.75) is 51.8 Å². The molecule has 2 fully saturated rings. The molecule has 1 aliphatic carbocycles. The van der Waals surface area contributed by atoms with E-state index < -0.39 is 0 Å². The van der Waals surface area contributed by atoms with Crippen LogP contribution in [0.3, 0.4) is 0 Å². The summed E-state index contributed by atoms with van der Waals surface area (Å²) in [6.45, 7) is 5.05. The number of nitrogens with zero attached hydrogens (tertiary/aromatic N) is 2. The lowest BCUT2D eigenvalue weighted by Crippen LogP contribution is -2.36. The monoisotopic (exact) mass is 568 g/mol. The van der Waals surface area contributed by atoms with Gasteiger partial charge in [0, 0.05) is 61.9 Å². The maximum atomic E-state index is 12.7. The first-order valence-electron chi connectivity index (χ1n) is 14.0. The number of fused-ring (bicyclic) bond motifs is 2. The van der Waals surface area contributed by atoms with E-state index >= 15 is 0 Å². The molecule has 2 aromatic heterocycles. The normalized spacial score (nSPS) is 17.5. The zero-order chi connectivity index (χ0) is 27.1. The molecule has 7 rings (SSSR count). The Morgan fingerprint density at radius 2 is 1.88 bits per heavy atom. The van der Waals surface area contributed by atoms with Gasteiger partial charge in [-0.1, -0.05) is 48.1 Å². The van der Waals surface area contributed by atoms with Crippen molar-refractivity contribution in [2.24, 2.45) is 5.92 Å². The maximum Gasteiger partial charge on any atom is 0.250 e. The van der Waals surface area contributed by atoms with E-state index in [9.17, 15) is 4.79 Å². The molecule has 2 N–H and O–H groups in total. The van der Waals surface area contributed by atoms with E-state index in [1.165, 1.54) is 44.4 Å². The minimum Gasteiger partial charge on any atom is -0.378 e.